The van der Waals surface area contributed by atoms with Crippen LogP contribution in [0.4, 0.5) is 0 Å². The van der Waals surface area contributed by atoms with Gasteiger partial charge in [0.1, 0.15) is 0 Å². The van der Waals surface area contributed by atoms with Crippen molar-refractivity contribution in [3.8, 4) is 0 Å². The largest absolute Gasteiger partial charge is 0.274 e. The zero-order valence-electron chi connectivity index (χ0n) is 10.7. The number of carbonyl (C=O) groups excluding carboxylic acids is 1. The quantitative estimate of drug-likeness (QED) is 0.842. The lowest BCUT2D eigenvalue weighted by atomic mass is 10.0. The first-order valence-corrected chi connectivity index (χ1v) is 8.49. The molecule has 1 aliphatic rings. The van der Waals surface area contributed by atoms with Gasteiger partial charge in [0.2, 0.25) is 5.91 Å². The molecule has 6 heteroatoms. The van der Waals surface area contributed by atoms with E-state index < -0.39 is 10.0 Å². The summed E-state index contributed by atoms with van der Waals surface area (Å²) in [6.45, 7) is 2.34. The van der Waals surface area contributed by atoms with Crippen LogP contribution in [-0.2, 0) is 14.8 Å². The number of nitrogens with zero attached hydrogens (tertiary/aromatic N) is 1. The van der Waals surface area contributed by atoms with Crippen LogP contribution in [-0.4, -0.2) is 25.2 Å². The molecule has 0 aromatic heterocycles. The Morgan fingerprint density at radius 2 is 2.16 bits per heavy atom. The lowest BCUT2D eigenvalue weighted by molar-refractivity contribution is -0.123. The second-order valence-electron chi connectivity index (χ2n) is 4.75. The molecule has 0 saturated carbocycles. The van der Waals surface area contributed by atoms with Crippen molar-refractivity contribution in [2.24, 2.45) is 5.92 Å². The maximum absolute atomic E-state index is 12.4. The zero-order valence-corrected chi connectivity index (χ0v) is 13.1. The number of hydrogen-bond acceptors (Lipinski definition) is 3. The summed E-state index contributed by atoms with van der Waals surface area (Å²) in [7, 11) is -3.71. The SMILES string of the molecule is CCCC1CC(=O)N(S(=O)(=O)c2cccc(Br)c2)C1. The molecule has 2 rings (SSSR count). The maximum Gasteiger partial charge on any atom is 0.266 e. The molecule has 4 nitrogen and oxygen atoms in total. The smallest absolute Gasteiger partial charge is 0.266 e. The fourth-order valence-electron chi connectivity index (χ4n) is 2.34. The molecule has 0 aliphatic carbocycles. The van der Waals surface area contributed by atoms with Gasteiger partial charge in [0, 0.05) is 17.4 Å². The molecule has 104 valence electrons. The molecule has 1 atom stereocenters. The third-order valence-corrected chi connectivity index (χ3v) is 5.52. The van der Waals surface area contributed by atoms with Gasteiger partial charge in [-0.2, -0.15) is 0 Å². The van der Waals surface area contributed by atoms with Crippen LogP contribution in [0.25, 0.3) is 0 Å². The van der Waals surface area contributed by atoms with E-state index in [2.05, 4.69) is 15.9 Å². The minimum atomic E-state index is -3.71. The van der Waals surface area contributed by atoms with Gasteiger partial charge in [0.15, 0.2) is 0 Å². The predicted molar refractivity (Wildman–Crippen MR) is 76.1 cm³/mol. The van der Waals surface area contributed by atoms with E-state index in [0.717, 1.165) is 17.1 Å². The van der Waals surface area contributed by atoms with Crippen molar-refractivity contribution in [1.29, 1.82) is 0 Å². The van der Waals surface area contributed by atoms with Crippen molar-refractivity contribution < 1.29 is 13.2 Å². The summed E-state index contributed by atoms with van der Waals surface area (Å²) in [6.07, 6.45) is 2.18. The third kappa shape index (κ3) is 3.00. The molecule has 0 radical (unpaired) electrons. The second kappa shape index (κ2) is 5.63. The van der Waals surface area contributed by atoms with Crippen LogP contribution in [0.1, 0.15) is 26.2 Å². The maximum atomic E-state index is 12.4. The molecule has 1 aliphatic heterocycles. The van der Waals surface area contributed by atoms with E-state index in [1.807, 2.05) is 6.92 Å². The van der Waals surface area contributed by atoms with Gasteiger partial charge < -0.3 is 0 Å². The molecule has 1 fully saturated rings. The molecule has 0 N–H and O–H groups in total. The van der Waals surface area contributed by atoms with Gasteiger partial charge in [-0.05, 0) is 30.5 Å². The minimum absolute atomic E-state index is 0.152. The van der Waals surface area contributed by atoms with Gasteiger partial charge in [-0.1, -0.05) is 35.3 Å². The fourth-order valence-corrected chi connectivity index (χ4v) is 4.42. The molecule has 19 heavy (non-hydrogen) atoms. The molecule has 1 aromatic carbocycles. The summed E-state index contributed by atoms with van der Waals surface area (Å²) in [5.41, 5.74) is 0. The Hall–Kier alpha value is -0.880. The summed E-state index contributed by atoms with van der Waals surface area (Å²) in [4.78, 5) is 12.1. The highest BCUT2D eigenvalue weighted by molar-refractivity contribution is 9.10. The minimum Gasteiger partial charge on any atom is -0.274 e. The van der Waals surface area contributed by atoms with Crippen molar-refractivity contribution in [3.05, 3.63) is 28.7 Å². The van der Waals surface area contributed by atoms with Crippen LogP contribution in [0, 0.1) is 5.92 Å². The normalized spacial score (nSPS) is 20.0. The molecule has 0 spiro atoms. The lowest BCUT2D eigenvalue weighted by Gasteiger charge is -2.17. The number of sulfonamides is 1. The van der Waals surface area contributed by atoms with Gasteiger partial charge in [0.05, 0.1) is 4.90 Å². The standard InChI is InChI=1S/C13H16BrNO3S/c1-2-4-10-7-13(16)15(9-10)19(17,18)12-6-3-5-11(14)8-12/h3,5-6,8,10H,2,4,7,9H2,1H3. The zero-order chi connectivity index (χ0) is 14.0. The average molecular weight is 346 g/mol. The molecule has 1 heterocycles. The van der Waals surface area contributed by atoms with Crippen molar-refractivity contribution in [2.45, 2.75) is 31.1 Å². The number of carbonyl (C=O) groups is 1. The van der Waals surface area contributed by atoms with Crippen LogP contribution >= 0.6 is 15.9 Å². The summed E-state index contributed by atoms with van der Waals surface area (Å²) in [6, 6.07) is 6.45. The number of benzene rings is 1. The Morgan fingerprint density at radius 1 is 1.42 bits per heavy atom. The molecule has 1 aromatic rings. The second-order valence-corrected chi connectivity index (χ2v) is 7.52. The van der Waals surface area contributed by atoms with Crippen LogP contribution in [0.3, 0.4) is 0 Å². The number of halogens is 1. The highest BCUT2D eigenvalue weighted by Gasteiger charge is 2.37. The first kappa shape index (κ1) is 14.5. The predicted octanol–water partition coefficient (Wildman–Crippen LogP) is 2.79. The first-order valence-electron chi connectivity index (χ1n) is 6.26. The molecular weight excluding hydrogens is 330 g/mol. The number of rotatable bonds is 4. The highest BCUT2D eigenvalue weighted by atomic mass is 79.9. The fraction of sp³-hybridized carbons (Fsp3) is 0.462. The van der Waals surface area contributed by atoms with E-state index in [9.17, 15) is 13.2 Å². The lowest BCUT2D eigenvalue weighted by Crippen LogP contribution is -2.32. The molecule has 1 amide bonds. The van der Waals surface area contributed by atoms with Crippen LogP contribution in [0.2, 0.25) is 0 Å². The molecular formula is C13H16BrNO3S. The van der Waals surface area contributed by atoms with Crippen molar-refractivity contribution in [3.63, 3.8) is 0 Å². The molecule has 1 saturated heterocycles. The van der Waals surface area contributed by atoms with E-state index in [0.29, 0.717) is 17.4 Å². The highest BCUT2D eigenvalue weighted by Crippen LogP contribution is 2.28. The Morgan fingerprint density at radius 3 is 2.79 bits per heavy atom. The van der Waals surface area contributed by atoms with E-state index in [1.54, 1.807) is 12.1 Å². The van der Waals surface area contributed by atoms with Gasteiger partial charge in [0.25, 0.3) is 10.0 Å². The Bertz CT molecular complexity index is 585. The summed E-state index contributed by atoms with van der Waals surface area (Å²) < 4.78 is 26.6. The molecule has 1 unspecified atom stereocenters. The topological polar surface area (TPSA) is 54.5 Å². The monoisotopic (exact) mass is 345 g/mol. The van der Waals surface area contributed by atoms with Gasteiger partial charge in [-0.25, -0.2) is 12.7 Å². The molecule has 0 bridgehead atoms. The van der Waals surface area contributed by atoms with E-state index in [-0.39, 0.29) is 16.7 Å². The van der Waals surface area contributed by atoms with Gasteiger partial charge >= 0.3 is 0 Å². The third-order valence-electron chi connectivity index (χ3n) is 3.25. The van der Waals surface area contributed by atoms with E-state index in [1.165, 1.54) is 12.1 Å². The Balaban J connectivity index is 2.28. The average Bonchev–Trinajstić information content (AvgIpc) is 2.71. The van der Waals surface area contributed by atoms with E-state index in [4.69, 9.17) is 0 Å². The summed E-state index contributed by atoms with van der Waals surface area (Å²) in [5, 5.41) is 0. The first-order chi connectivity index (χ1) is 8.95. The van der Waals surface area contributed by atoms with Gasteiger partial charge in [-0.3, -0.25) is 4.79 Å². The van der Waals surface area contributed by atoms with Crippen LogP contribution in [0.5, 0.6) is 0 Å². The van der Waals surface area contributed by atoms with Crippen molar-refractivity contribution in [2.75, 3.05) is 6.54 Å². The van der Waals surface area contributed by atoms with Crippen molar-refractivity contribution in [1.82, 2.24) is 4.31 Å². The summed E-state index contributed by atoms with van der Waals surface area (Å²) in [5.74, 6) is -0.141. The number of hydrogen-bond donors (Lipinski definition) is 0. The number of amides is 1. The Kier molecular flexibility index (Phi) is 4.30. The Labute approximate surface area is 122 Å². The van der Waals surface area contributed by atoms with Crippen molar-refractivity contribution >= 4 is 31.9 Å². The van der Waals surface area contributed by atoms with E-state index >= 15 is 0 Å². The van der Waals surface area contributed by atoms with Crippen LogP contribution < -0.4 is 0 Å². The van der Waals surface area contributed by atoms with Crippen LogP contribution in [0.15, 0.2) is 33.6 Å². The van der Waals surface area contributed by atoms with Gasteiger partial charge in [-0.15, -0.1) is 0 Å². The summed E-state index contributed by atoms with van der Waals surface area (Å²) >= 11 is 3.25.